The Balaban J connectivity index is 0.00000420. The molecule has 0 aromatic heterocycles. The van der Waals surface area contributed by atoms with Crippen molar-refractivity contribution in [3.05, 3.63) is 0 Å². The zero-order valence-corrected chi connectivity index (χ0v) is 20.8. The smallest absolute Gasteiger partial charge is 0.243 e. The molecule has 2 unspecified atom stereocenters. The Morgan fingerprint density at radius 1 is 1.17 bits per heavy atom. The number of hydrogen-bond donors (Lipinski definition) is 2. The summed E-state index contributed by atoms with van der Waals surface area (Å²) in [5, 5.41) is 6.90. The summed E-state index contributed by atoms with van der Waals surface area (Å²) in [6.45, 7) is 11.5. The summed E-state index contributed by atoms with van der Waals surface area (Å²) in [6, 6.07) is 0.426. The van der Waals surface area contributed by atoms with Crippen molar-refractivity contribution in [1.29, 1.82) is 0 Å². The summed E-state index contributed by atoms with van der Waals surface area (Å²) >= 11 is 0. The lowest BCUT2D eigenvalue weighted by molar-refractivity contribution is -0.127. The van der Waals surface area contributed by atoms with E-state index in [9.17, 15) is 4.79 Å². The Labute approximate surface area is 193 Å². The minimum Gasteiger partial charge on any atom is -0.381 e. The average Bonchev–Trinajstić information content (AvgIpc) is 3.20. The molecule has 0 aromatic carbocycles. The van der Waals surface area contributed by atoms with Gasteiger partial charge in [0.05, 0.1) is 19.8 Å². The topological polar surface area (TPSA) is 78.4 Å². The van der Waals surface area contributed by atoms with Gasteiger partial charge in [-0.15, -0.1) is 24.0 Å². The first-order valence-corrected chi connectivity index (χ1v) is 10.6. The molecule has 9 heteroatoms. The second-order valence-electron chi connectivity index (χ2n) is 8.38. The quantitative estimate of drug-likeness (QED) is 0.266. The van der Waals surface area contributed by atoms with E-state index in [0.29, 0.717) is 23.8 Å². The van der Waals surface area contributed by atoms with Crippen molar-refractivity contribution in [3.63, 3.8) is 0 Å². The predicted molar refractivity (Wildman–Crippen MR) is 127 cm³/mol. The number of carbonyl (C=O) groups is 1. The number of rotatable bonds is 9. The molecule has 0 bridgehead atoms. The van der Waals surface area contributed by atoms with E-state index in [2.05, 4.69) is 34.4 Å². The molecule has 1 amide bonds. The van der Waals surface area contributed by atoms with Gasteiger partial charge in [-0.25, -0.2) is 4.99 Å². The fourth-order valence-corrected chi connectivity index (χ4v) is 3.51. The molecule has 2 N–H and O–H groups in total. The molecule has 29 heavy (non-hydrogen) atoms. The lowest BCUT2D eigenvalue weighted by Crippen LogP contribution is -2.51. The molecule has 2 fully saturated rings. The highest BCUT2D eigenvalue weighted by Crippen LogP contribution is 2.13. The van der Waals surface area contributed by atoms with Crippen LogP contribution < -0.4 is 10.6 Å². The Bertz CT molecular complexity index is 493. The first-order chi connectivity index (χ1) is 13.5. The van der Waals surface area contributed by atoms with Crippen molar-refractivity contribution in [1.82, 2.24) is 20.4 Å². The molecule has 8 nitrogen and oxygen atoms in total. The minimum absolute atomic E-state index is 0. The molecule has 2 heterocycles. The number of nitrogens with zero attached hydrogens (tertiary/aromatic N) is 3. The van der Waals surface area contributed by atoms with Gasteiger partial charge in [-0.1, -0.05) is 13.8 Å². The molecule has 2 rings (SSSR count). The lowest BCUT2D eigenvalue weighted by atomic mass is 10.0. The summed E-state index contributed by atoms with van der Waals surface area (Å²) in [6.07, 6.45) is 2.19. The number of aliphatic imine (C=N–C) groups is 1. The molecule has 2 saturated heterocycles. The van der Waals surface area contributed by atoms with Gasteiger partial charge in [0.2, 0.25) is 5.91 Å². The van der Waals surface area contributed by atoms with Crippen molar-refractivity contribution in [2.75, 3.05) is 73.2 Å². The molecule has 0 aromatic rings. The third-order valence-electron chi connectivity index (χ3n) is 5.26. The highest BCUT2D eigenvalue weighted by Gasteiger charge is 2.22. The van der Waals surface area contributed by atoms with Crippen LogP contribution in [0.5, 0.6) is 0 Å². The molecule has 0 spiro atoms. The van der Waals surface area contributed by atoms with E-state index in [1.807, 2.05) is 0 Å². The summed E-state index contributed by atoms with van der Waals surface area (Å²) in [4.78, 5) is 20.6. The monoisotopic (exact) mass is 525 g/mol. The van der Waals surface area contributed by atoms with Crippen LogP contribution in [0.2, 0.25) is 0 Å². The summed E-state index contributed by atoms with van der Waals surface area (Å²) in [5.74, 6) is 1.83. The number of hydrogen-bond acceptors (Lipinski definition) is 5. The lowest BCUT2D eigenvalue weighted by Gasteiger charge is -2.35. The fourth-order valence-electron chi connectivity index (χ4n) is 3.51. The van der Waals surface area contributed by atoms with Crippen molar-refractivity contribution in [3.8, 4) is 0 Å². The Hall–Kier alpha value is -0.650. The number of likely N-dealkylation sites (N-methyl/N-ethyl adjacent to an activating group) is 1. The number of carbonyl (C=O) groups excluding carboxylic acids is 1. The number of halogens is 1. The standard InChI is InChI=1S/C20H39N5O3.HI/c1-16(2)11-18(25-6-9-27-10-7-25)13-22-20(23-14-19(26)24(3)4)21-12-17-5-8-28-15-17;/h16-18H,5-15H2,1-4H3,(H2,21,22,23);1H. The number of guanidine groups is 1. The summed E-state index contributed by atoms with van der Waals surface area (Å²) in [5.41, 5.74) is 0. The average molecular weight is 525 g/mol. The van der Waals surface area contributed by atoms with Crippen LogP contribution in [0.4, 0.5) is 0 Å². The first kappa shape index (κ1) is 26.4. The Morgan fingerprint density at radius 2 is 1.90 bits per heavy atom. The van der Waals surface area contributed by atoms with Crippen LogP contribution in [0.15, 0.2) is 4.99 Å². The van der Waals surface area contributed by atoms with E-state index in [1.165, 1.54) is 0 Å². The van der Waals surface area contributed by atoms with Crippen molar-refractivity contribution >= 4 is 35.8 Å². The molecule has 0 aliphatic carbocycles. The van der Waals surface area contributed by atoms with Gasteiger partial charge >= 0.3 is 0 Å². The molecule has 2 aliphatic heterocycles. The number of amides is 1. The van der Waals surface area contributed by atoms with Crippen molar-refractivity contribution in [2.45, 2.75) is 32.7 Å². The maximum atomic E-state index is 12.0. The van der Waals surface area contributed by atoms with Gasteiger partial charge < -0.3 is 25.0 Å². The van der Waals surface area contributed by atoms with E-state index in [4.69, 9.17) is 9.47 Å². The first-order valence-electron chi connectivity index (χ1n) is 10.6. The van der Waals surface area contributed by atoms with Crippen LogP contribution in [0.1, 0.15) is 26.7 Å². The summed E-state index contributed by atoms with van der Waals surface area (Å²) < 4.78 is 11.0. The maximum absolute atomic E-state index is 12.0. The van der Waals surface area contributed by atoms with Crippen LogP contribution in [0.3, 0.4) is 0 Å². The zero-order valence-electron chi connectivity index (χ0n) is 18.5. The molecule has 0 radical (unpaired) electrons. The second kappa shape index (κ2) is 14.4. The molecule has 170 valence electrons. The number of ether oxygens (including phenoxy) is 2. The summed E-state index contributed by atoms with van der Waals surface area (Å²) in [7, 11) is 3.51. The predicted octanol–water partition coefficient (Wildman–Crippen LogP) is 1.01. The minimum atomic E-state index is -0.00258. The van der Waals surface area contributed by atoms with Crippen molar-refractivity contribution < 1.29 is 14.3 Å². The molecule has 0 saturated carbocycles. The van der Waals surface area contributed by atoms with Gasteiger partial charge in [-0.2, -0.15) is 0 Å². The maximum Gasteiger partial charge on any atom is 0.243 e. The van der Waals surface area contributed by atoms with Crippen LogP contribution in [0, 0.1) is 11.8 Å². The van der Waals surface area contributed by atoms with Gasteiger partial charge in [0.25, 0.3) is 0 Å². The van der Waals surface area contributed by atoms with Gasteiger partial charge in [0.1, 0.15) is 6.54 Å². The zero-order chi connectivity index (χ0) is 20.4. The van der Waals surface area contributed by atoms with E-state index in [0.717, 1.165) is 65.4 Å². The highest BCUT2D eigenvalue weighted by molar-refractivity contribution is 14.0. The van der Waals surface area contributed by atoms with Gasteiger partial charge in [0, 0.05) is 58.8 Å². The second-order valence-corrected chi connectivity index (χ2v) is 8.38. The molecule has 2 aliphatic rings. The van der Waals surface area contributed by atoms with Gasteiger partial charge in [-0.05, 0) is 18.8 Å². The van der Waals surface area contributed by atoms with Crippen LogP contribution >= 0.6 is 24.0 Å². The van der Waals surface area contributed by atoms with Gasteiger partial charge in [0.15, 0.2) is 5.96 Å². The molecular weight excluding hydrogens is 485 g/mol. The van der Waals surface area contributed by atoms with Crippen molar-refractivity contribution in [2.24, 2.45) is 16.8 Å². The number of morpholine rings is 1. The Morgan fingerprint density at radius 3 is 2.48 bits per heavy atom. The van der Waals surface area contributed by atoms with E-state index in [-0.39, 0.29) is 36.4 Å². The third kappa shape index (κ3) is 10.3. The highest BCUT2D eigenvalue weighted by atomic mass is 127. The largest absolute Gasteiger partial charge is 0.381 e. The number of nitrogens with one attached hydrogen (secondary N) is 2. The molecule has 2 atom stereocenters. The van der Waals surface area contributed by atoms with Crippen LogP contribution in [0.25, 0.3) is 0 Å². The fraction of sp³-hybridized carbons (Fsp3) is 0.900. The van der Waals surface area contributed by atoms with Crippen LogP contribution in [-0.2, 0) is 14.3 Å². The van der Waals surface area contributed by atoms with E-state index < -0.39 is 0 Å². The SMILES string of the molecule is CC(C)CC(CNC(=NCC(=O)N(C)C)NCC1CCOC1)N1CCOCC1.I. The van der Waals surface area contributed by atoms with E-state index in [1.54, 1.807) is 19.0 Å². The third-order valence-corrected chi connectivity index (χ3v) is 5.26. The van der Waals surface area contributed by atoms with Crippen LogP contribution in [-0.4, -0.2) is 101 Å². The van der Waals surface area contributed by atoms with E-state index >= 15 is 0 Å². The normalized spacial score (nSPS) is 21.6. The molecular formula is C20H40IN5O3. The Kier molecular flexibility index (Phi) is 13.1. The van der Waals surface area contributed by atoms with Gasteiger partial charge in [-0.3, -0.25) is 9.69 Å².